The van der Waals surface area contributed by atoms with Crippen LogP contribution in [-0.4, -0.2) is 20.7 Å². The van der Waals surface area contributed by atoms with Gasteiger partial charge in [-0.15, -0.1) is 0 Å². The third-order valence-electron chi connectivity index (χ3n) is 4.27. The lowest BCUT2D eigenvalue weighted by atomic mass is 10.2. The minimum atomic E-state index is -0.462. The zero-order valence-electron chi connectivity index (χ0n) is 15.1. The van der Waals surface area contributed by atoms with Crippen molar-refractivity contribution in [2.45, 2.75) is 0 Å². The van der Waals surface area contributed by atoms with Gasteiger partial charge in [0, 0.05) is 12.1 Å². The first-order valence-electron chi connectivity index (χ1n) is 8.74. The first-order chi connectivity index (χ1) is 14.1. The molecule has 1 N–H and O–H groups in total. The fraction of sp³-hybridized carbons (Fsp3) is 0. The molecule has 0 bridgehead atoms. The lowest BCUT2D eigenvalue weighted by Gasteiger charge is -2.12. The molecular formula is C21H15N5O3. The monoisotopic (exact) mass is 385 g/mol. The smallest absolute Gasteiger partial charge is 0.268 e. The molecule has 0 saturated heterocycles. The van der Waals surface area contributed by atoms with Crippen LogP contribution in [0, 0.1) is 10.1 Å². The van der Waals surface area contributed by atoms with Crippen molar-refractivity contribution in [3.8, 4) is 5.69 Å². The van der Waals surface area contributed by atoms with E-state index >= 15 is 0 Å². The van der Waals surface area contributed by atoms with Crippen LogP contribution in [0.15, 0.2) is 88.8 Å². The molecular weight excluding hydrogens is 370 g/mol. The molecule has 0 aliphatic heterocycles. The largest absolute Gasteiger partial charge is 0.269 e. The maximum absolute atomic E-state index is 13.1. The van der Waals surface area contributed by atoms with Gasteiger partial charge >= 0.3 is 0 Å². The minimum absolute atomic E-state index is 0.00391. The summed E-state index contributed by atoms with van der Waals surface area (Å²) in [5, 5.41) is 15.4. The van der Waals surface area contributed by atoms with Crippen LogP contribution >= 0.6 is 0 Å². The number of hydrogen-bond acceptors (Lipinski definition) is 6. The van der Waals surface area contributed by atoms with E-state index in [1.165, 1.54) is 22.9 Å². The minimum Gasteiger partial charge on any atom is -0.268 e. The SMILES string of the molecule is O=c1c2ccccc2nc(N/N=C/c2ccc([N+](=O)[O-])cc2)n1-c1ccccc1. The molecule has 0 atom stereocenters. The third-order valence-corrected chi connectivity index (χ3v) is 4.27. The number of nitrogens with zero attached hydrogens (tertiary/aromatic N) is 4. The van der Waals surface area contributed by atoms with Gasteiger partial charge in [0.25, 0.3) is 11.2 Å². The predicted octanol–water partition coefficient (Wildman–Crippen LogP) is 3.74. The maximum atomic E-state index is 13.1. The van der Waals surface area contributed by atoms with E-state index in [4.69, 9.17) is 0 Å². The van der Waals surface area contributed by atoms with Crippen LogP contribution in [0.4, 0.5) is 11.6 Å². The number of aromatic nitrogens is 2. The van der Waals surface area contributed by atoms with E-state index in [-0.39, 0.29) is 17.2 Å². The van der Waals surface area contributed by atoms with Gasteiger partial charge in [0.2, 0.25) is 5.95 Å². The van der Waals surface area contributed by atoms with E-state index in [0.717, 1.165) is 0 Å². The molecule has 0 unspecified atom stereocenters. The van der Waals surface area contributed by atoms with Crippen LogP contribution in [0.2, 0.25) is 0 Å². The normalized spacial score (nSPS) is 11.0. The van der Waals surface area contributed by atoms with Gasteiger partial charge in [0.1, 0.15) is 0 Å². The molecule has 29 heavy (non-hydrogen) atoms. The fourth-order valence-electron chi connectivity index (χ4n) is 2.87. The number of nitro groups is 1. The Labute approximate surface area is 164 Å². The van der Waals surface area contributed by atoms with Gasteiger partial charge in [-0.1, -0.05) is 30.3 Å². The number of fused-ring (bicyclic) bond motifs is 1. The van der Waals surface area contributed by atoms with Gasteiger partial charge in [0.15, 0.2) is 0 Å². The van der Waals surface area contributed by atoms with Crippen LogP contribution in [0.1, 0.15) is 5.56 Å². The molecule has 0 aliphatic rings. The van der Waals surface area contributed by atoms with Crippen LogP contribution in [0.25, 0.3) is 16.6 Å². The molecule has 0 amide bonds. The van der Waals surface area contributed by atoms with Crippen molar-refractivity contribution < 1.29 is 4.92 Å². The number of para-hydroxylation sites is 2. The number of nitro benzene ring substituents is 1. The Bertz CT molecular complexity index is 1270. The first-order valence-corrected chi connectivity index (χ1v) is 8.74. The van der Waals surface area contributed by atoms with Gasteiger partial charge in [-0.2, -0.15) is 5.10 Å². The Kier molecular flexibility index (Phi) is 4.81. The van der Waals surface area contributed by atoms with E-state index in [9.17, 15) is 14.9 Å². The number of anilines is 1. The van der Waals surface area contributed by atoms with Crippen LogP contribution in [0.3, 0.4) is 0 Å². The molecule has 8 nitrogen and oxygen atoms in total. The highest BCUT2D eigenvalue weighted by Crippen LogP contribution is 2.16. The second kappa shape index (κ2) is 7.73. The summed E-state index contributed by atoms with van der Waals surface area (Å²) in [6.45, 7) is 0. The zero-order valence-corrected chi connectivity index (χ0v) is 15.1. The highest BCUT2D eigenvalue weighted by Gasteiger charge is 2.12. The van der Waals surface area contributed by atoms with Crippen LogP contribution in [0.5, 0.6) is 0 Å². The zero-order chi connectivity index (χ0) is 20.2. The van der Waals surface area contributed by atoms with Crippen molar-refractivity contribution in [3.05, 3.63) is 105 Å². The van der Waals surface area contributed by atoms with Crippen molar-refractivity contribution in [2.24, 2.45) is 5.10 Å². The molecule has 0 fully saturated rings. The third kappa shape index (κ3) is 3.72. The number of benzene rings is 3. The Morgan fingerprint density at radius 1 is 0.966 bits per heavy atom. The standard InChI is InChI=1S/C21H15N5O3/c27-20-18-8-4-5-9-19(18)23-21(25(20)16-6-2-1-3-7-16)24-22-14-15-10-12-17(13-11-15)26(28)29/h1-14H,(H,23,24)/b22-14+. The average Bonchev–Trinajstić information content (AvgIpc) is 2.75. The molecule has 1 heterocycles. The molecule has 0 radical (unpaired) electrons. The van der Waals surface area contributed by atoms with E-state index in [0.29, 0.717) is 22.2 Å². The van der Waals surface area contributed by atoms with Crippen molar-refractivity contribution in [1.82, 2.24) is 9.55 Å². The fourth-order valence-corrected chi connectivity index (χ4v) is 2.87. The van der Waals surface area contributed by atoms with Gasteiger partial charge in [-0.25, -0.2) is 15.0 Å². The highest BCUT2D eigenvalue weighted by molar-refractivity contribution is 5.81. The summed E-state index contributed by atoms with van der Waals surface area (Å²) < 4.78 is 1.45. The molecule has 4 rings (SSSR count). The van der Waals surface area contributed by atoms with Crippen molar-refractivity contribution in [2.75, 3.05) is 5.43 Å². The summed E-state index contributed by atoms with van der Waals surface area (Å²) >= 11 is 0. The second-order valence-electron chi connectivity index (χ2n) is 6.15. The number of rotatable bonds is 5. The van der Waals surface area contributed by atoms with Gasteiger partial charge in [-0.3, -0.25) is 14.9 Å². The van der Waals surface area contributed by atoms with Gasteiger partial charge in [0.05, 0.1) is 27.7 Å². The molecule has 4 aromatic rings. The van der Waals surface area contributed by atoms with Crippen LogP contribution < -0.4 is 11.0 Å². The predicted molar refractivity (Wildman–Crippen MR) is 112 cm³/mol. The van der Waals surface area contributed by atoms with Gasteiger partial charge in [-0.05, 0) is 42.0 Å². The summed E-state index contributed by atoms with van der Waals surface area (Å²) in [4.78, 5) is 27.9. The molecule has 3 aromatic carbocycles. The Morgan fingerprint density at radius 2 is 1.66 bits per heavy atom. The van der Waals surface area contributed by atoms with E-state index < -0.39 is 4.92 Å². The quantitative estimate of drug-likeness (QED) is 0.320. The van der Waals surface area contributed by atoms with Crippen molar-refractivity contribution in [1.29, 1.82) is 0 Å². The molecule has 0 aliphatic carbocycles. The maximum Gasteiger partial charge on any atom is 0.269 e. The van der Waals surface area contributed by atoms with Crippen molar-refractivity contribution >= 4 is 28.8 Å². The Balaban J connectivity index is 1.72. The van der Waals surface area contributed by atoms with Gasteiger partial charge < -0.3 is 0 Å². The average molecular weight is 385 g/mol. The summed E-state index contributed by atoms with van der Waals surface area (Å²) in [7, 11) is 0. The Hall–Kier alpha value is -4.33. The summed E-state index contributed by atoms with van der Waals surface area (Å²) in [6.07, 6.45) is 1.50. The van der Waals surface area contributed by atoms with E-state index in [1.807, 2.05) is 36.4 Å². The lowest BCUT2D eigenvalue weighted by molar-refractivity contribution is -0.384. The molecule has 8 heteroatoms. The summed E-state index contributed by atoms with van der Waals surface area (Å²) in [5.74, 6) is 0.262. The number of non-ortho nitro benzene ring substituents is 1. The lowest BCUT2D eigenvalue weighted by Crippen LogP contribution is -2.22. The Morgan fingerprint density at radius 3 is 2.38 bits per heavy atom. The topological polar surface area (TPSA) is 102 Å². The van der Waals surface area contributed by atoms with Crippen LogP contribution in [-0.2, 0) is 0 Å². The van der Waals surface area contributed by atoms with E-state index in [1.54, 1.807) is 30.3 Å². The molecule has 0 spiro atoms. The molecule has 0 saturated carbocycles. The second-order valence-corrected chi connectivity index (χ2v) is 6.15. The molecule has 142 valence electrons. The number of hydrazone groups is 1. The number of hydrogen-bond donors (Lipinski definition) is 1. The summed E-state index contributed by atoms with van der Waals surface area (Å²) in [5.41, 5.74) is 4.48. The summed E-state index contributed by atoms with van der Waals surface area (Å²) in [6, 6.07) is 22.2. The van der Waals surface area contributed by atoms with Crippen molar-refractivity contribution in [3.63, 3.8) is 0 Å². The number of nitrogens with one attached hydrogen (secondary N) is 1. The highest BCUT2D eigenvalue weighted by atomic mass is 16.6. The first kappa shape index (κ1) is 18.1. The van der Waals surface area contributed by atoms with E-state index in [2.05, 4.69) is 15.5 Å². The molecule has 1 aromatic heterocycles.